The van der Waals surface area contributed by atoms with Gasteiger partial charge in [0.2, 0.25) is 5.91 Å². The van der Waals surface area contributed by atoms with E-state index in [4.69, 9.17) is 12.6 Å². The molecule has 1 amide bonds. The SMILES string of the molecule is CC(C)(C)CC(=O)N(CCc1cccc2ccccc12)C[C@@H]1NCC[C@@H]1S. The third-order valence-corrected chi connectivity index (χ3v) is 5.91. The minimum Gasteiger partial charge on any atom is -0.341 e. The van der Waals surface area contributed by atoms with Crippen LogP contribution >= 0.6 is 12.6 Å². The molecule has 27 heavy (non-hydrogen) atoms. The summed E-state index contributed by atoms with van der Waals surface area (Å²) in [5.41, 5.74) is 1.31. The van der Waals surface area contributed by atoms with Crippen LogP contribution in [0.2, 0.25) is 0 Å². The monoisotopic (exact) mass is 384 g/mol. The quantitative estimate of drug-likeness (QED) is 0.728. The zero-order valence-electron chi connectivity index (χ0n) is 16.7. The lowest BCUT2D eigenvalue weighted by atomic mass is 9.91. The maximum absolute atomic E-state index is 13.0. The molecule has 146 valence electrons. The molecule has 2 aromatic carbocycles. The topological polar surface area (TPSA) is 32.3 Å². The number of nitrogens with zero attached hydrogens (tertiary/aromatic N) is 1. The number of rotatable bonds is 6. The van der Waals surface area contributed by atoms with Crippen molar-refractivity contribution < 1.29 is 4.79 Å². The lowest BCUT2D eigenvalue weighted by Gasteiger charge is -2.30. The second kappa shape index (κ2) is 8.66. The number of benzene rings is 2. The first-order chi connectivity index (χ1) is 12.8. The Morgan fingerprint density at radius 1 is 1.19 bits per heavy atom. The van der Waals surface area contributed by atoms with Crippen molar-refractivity contribution in [3.05, 3.63) is 48.0 Å². The molecule has 3 rings (SSSR count). The Morgan fingerprint density at radius 2 is 1.93 bits per heavy atom. The van der Waals surface area contributed by atoms with Gasteiger partial charge in [-0.1, -0.05) is 63.2 Å². The normalized spacial score (nSPS) is 20.1. The highest BCUT2D eigenvalue weighted by atomic mass is 32.1. The third-order valence-electron chi connectivity index (χ3n) is 5.29. The van der Waals surface area contributed by atoms with Crippen LogP contribution in [0.15, 0.2) is 42.5 Å². The molecule has 1 aliphatic rings. The summed E-state index contributed by atoms with van der Waals surface area (Å²) in [6, 6.07) is 15.2. The molecule has 1 fully saturated rings. The predicted molar refractivity (Wildman–Crippen MR) is 117 cm³/mol. The fourth-order valence-electron chi connectivity index (χ4n) is 3.83. The summed E-state index contributed by atoms with van der Waals surface area (Å²) in [5.74, 6) is 0.247. The third kappa shape index (κ3) is 5.49. The first kappa shape index (κ1) is 20.2. The summed E-state index contributed by atoms with van der Waals surface area (Å²) in [6.07, 6.45) is 2.52. The van der Waals surface area contributed by atoms with Gasteiger partial charge < -0.3 is 10.2 Å². The zero-order chi connectivity index (χ0) is 19.4. The molecule has 1 saturated heterocycles. The van der Waals surface area contributed by atoms with E-state index in [9.17, 15) is 4.79 Å². The number of hydrogen-bond donors (Lipinski definition) is 2. The van der Waals surface area contributed by atoms with Crippen LogP contribution in [-0.2, 0) is 11.2 Å². The van der Waals surface area contributed by atoms with E-state index >= 15 is 0 Å². The summed E-state index contributed by atoms with van der Waals surface area (Å²) >= 11 is 4.70. The van der Waals surface area contributed by atoms with Crippen molar-refractivity contribution in [2.45, 2.75) is 51.3 Å². The largest absolute Gasteiger partial charge is 0.341 e. The van der Waals surface area contributed by atoms with Crippen LogP contribution in [-0.4, -0.2) is 41.7 Å². The first-order valence-electron chi connectivity index (χ1n) is 9.99. The van der Waals surface area contributed by atoms with Gasteiger partial charge in [-0.05, 0) is 41.1 Å². The Bertz CT molecular complexity index is 778. The van der Waals surface area contributed by atoms with Crippen molar-refractivity contribution in [2.75, 3.05) is 19.6 Å². The summed E-state index contributed by atoms with van der Waals surface area (Å²) in [6.45, 7) is 8.87. The van der Waals surface area contributed by atoms with E-state index in [-0.39, 0.29) is 17.4 Å². The molecular weight excluding hydrogens is 352 g/mol. The number of amides is 1. The maximum atomic E-state index is 13.0. The average Bonchev–Trinajstić information content (AvgIpc) is 3.01. The summed E-state index contributed by atoms with van der Waals surface area (Å²) in [5, 5.41) is 6.38. The molecule has 0 bridgehead atoms. The van der Waals surface area contributed by atoms with Crippen molar-refractivity contribution >= 4 is 29.3 Å². The Kier molecular flexibility index (Phi) is 6.48. The van der Waals surface area contributed by atoms with Crippen molar-refractivity contribution in [3.8, 4) is 0 Å². The van der Waals surface area contributed by atoms with E-state index in [1.807, 2.05) is 0 Å². The highest BCUT2D eigenvalue weighted by Gasteiger charge is 2.29. The molecule has 0 aliphatic carbocycles. The lowest BCUT2D eigenvalue weighted by molar-refractivity contribution is -0.133. The van der Waals surface area contributed by atoms with Gasteiger partial charge in [-0.2, -0.15) is 12.6 Å². The lowest BCUT2D eigenvalue weighted by Crippen LogP contribution is -2.45. The van der Waals surface area contributed by atoms with Crippen LogP contribution < -0.4 is 5.32 Å². The number of fused-ring (bicyclic) bond motifs is 1. The van der Waals surface area contributed by atoms with Gasteiger partial charge in [0.25, 0.3) is 0 Å². The zero-order valence-corrected chi connectivity index (χ0v) is 17.6. The summed E-state index contributed by atoms with van der Waals surface area (Å²) in [4.78, 5) is 15.1. The van der Waals surface area contributed by atoms with Crippen molar-refractivity contribution in [2.24, 2.45) is 5.41 Å². The number of carbonyl (C=O) groups is 1. The molecule has 1 aliphatic heterocycles. The minimum atomic E-state index is -0.00174. The predicted octanol–water partition coefficient (Wildman–Crippen LogP) is 4.31. The van der Waals surface area contributed by atoms with E-state index in [1.54, 1.807) is 0 Å². The smallest absolute Gasteiger partial charge is 0.223 e. The molecule has 1 N–H and O–H groups in total. The van der Waals surface area contributed by atoms with Crippen LogP contribution in [0.4, 0.5) is 0 Å². The van der Waals surface area contributed by atoms with Crippen LogP contribution in [0, 0.1) is 5.41 Å². The number of thiol groups is 1. The molecule has 0 spiro atoms. The van der Waals surface area contributed by atoms with Crippen LogP contribution in [0.1, 0.15) is 39.2 Å². The van der Waals surface area contributed by atoms with Gasteiger partial charge in [0.15, 0.2) is 0 Å². The van der Waals surface area contributed by atoms with E-state index < -0.39 is 0 Å². The Balaban J connectivity index is 1.74. The minimum absolute atomic E-state index is 0.00174. The Labute approximate surface area is 168 Å². The van der Waals surface area contributed by atoms with Gasteiger partial charge in [-0.25, -0.2) is 0 Å². The fraction of sp³-hybridized carbons (Fsp3) is 0.522. The standard InChI is InChI=1S/C23H32N2OS/c1-23(2,3)15-22(26)25(16-20-21(27)11-13-24-20)14-12-18-9-6-8-17-7-4-5-10-19(17)18/h4-10,20-21,24,27H,11-16H2,1-3H3/t20-,21-/m0/s1. The van der Waals surface area contributed by atoms with Gasteiger partial charge in [0, 0.05) is 30.8 Å². The number of nitrogens with one attached hydrogen (secondary N) is 1. The molecule has 0 aromatic heterocycles. The van der Waals surface area contributed by atoms with Crippen LogP contribution in [0.3, 0.4) is 0 Å². The van der Waals surface area contributed by atoms with Gasteiger partial charge >= 0.3 is 0 Å². The maximum Gasteiger partial charge on any atom is 0.223 e. The van der Waals surface area contributed by atoms with E-state index in [0.29, 0.717) is 11.7 Å². The second-order valence-corrected chi connectivity index (χ2v) is 9.55. The molecule has 2 atom stereocenters. The second-order valence-electron chi connectivity index (χ2n) is 8.88. The van der Waals surface area contributed by atoms with E-state index in [2.05, 4.69) is 73.5 Å². The molecular formula is C23H32N2OS. The van der Waals surface area contributed by atoms with E-state index in [0.717, 1.165) is 32.5 Å². The van der Waals surface area contributed by atoms with Crippen molar-refractivity contribution in [1.82, 2.24) is 10.2 Å². The number of carbonyl (C=O) groups excluding carboxylic acids is 1. The van der Waals surface area contributed by atoms with Crippen molar-refractivity contribution in [3.63, 3.8) is 0 Å². The summed E-state index contributed by atoms with van der Waals surface area (Å²) < 4.78 is 0. The van der Waals surface area contributed by atoms with Gasteiger partial charge in [-0.3, -0.25) is 4.79 Å². The van der Waals surface area contributed by atoms with Crippen molar-refractivity contribution in [1.29, 1.82) is 0 Å². The van der Waals surface area contributed by atoms with Crippen LogP contribution in [0.5, 0.6) is 0 Å². The Morgan fingerprint density at radius 3 is 2.63 bits per heavy atom. The molecule has 0 radical (unpaired) electrons. The van der Waals surface area contributed by atoms with Gasteiger partial charge in [-0.15, -0.1) is 0 Å². The fourth-order valence-corrected chi connectivity index (χ4v) is 4.16. The first-order valence-corrected chi connectivity index (χ1v) is 10.5. The molecule has 2 aromatic rings. The highest BCUT2D eigenvalue weighted by Crippen LogP contribution is 2.23. The summed E-state index contributed by atoms with van der Waals surface area (Å²) in [7, 11) is 0. The number of hydrogen-bond acceptors (Lipinski definition) is 3. The van der Waals surface area contributed by atoms with Crippen LogP contribution in [0.25, 0.3) is 10.8 Å². The van der Waals surface area contributed by atoms with Gasteiger partial charge in [0.05, 0.1) is 0 Å². The average molecular weight is 385 g/mol. The molecule has 4 heteroatoms. The molecule has 0 unspecified atom stereocenters. The van der Waals surface area contributed by atoms with E-state index in [1.165, 1.54) is 16.3 Å². The molecule has 0 saturated carbocycles. The molecule has 3 nitrogen and oxygen atoms in total. The molecule has 1 heterocycles. The van der Waals surface area contributed by atoms with Gasteiger partial charge in [0.1, 0.15) is 0 Å². The highest BCUT2D eigenvalue weighted by molar-refractivity contribution is 7.81. The Hall–Kier alpha value is -1.52.